The number of anilines is 1. The predicted molar refractivity (Wildman–Crippen MR) is 133 cm³/mol. The molecule has 4 aromatic rings. The molecule has 0 aliphatic carbocycles. The van der Waals surface area contributed by atoms with E-state index >= 15 is 0 Å². The van der Waals surface area contributed by atoms with Crippen LogP contribution in [0.5, 0.6) is 11.5 Å². The smallest absolute Gasteiger partial charge is 0.231 e. The van der Waals surface area contributed by atoms with Crippen molar-refractivity contribution in [2.45, 2.75) is 18.1 Å². The number of carbonyl (C=O) groups is 1. The molecule has 0 atom stereocenters. The van der Waals surface area contributed by atoms with Gasteiger partial charge in [-0.05, 0) is 29.8 Å². The molecule has 7 nitrogen and oxygen atoms in total. The van der Waals surface area contributed by atoms with E-state index in [1.807, 2.05) is 60.7 Å². The summed E-state index contributed by atoms with van der Waals surface area (Å²) in [4.78, 5) is 12.4. The van der Waals surface area contributed by atoms with Crippen LogP contribution in [0.3, 0.4) is 0 Å². The molecule has 5 rings (SSSR count). The van der Waals surface area contributed by atoms with Crippen molar-refractivity contribution < 1.29 is 14.3 Å². The van der Waals surface area contributed by atoms with Crippen LogP contribution in [0.2, 0.25) is 5.02 Å². The summed E-state index contributed by atoms with van der Waals surface area (Å²) in [6.45, 7) is 0.792. The number of halogens is 1. The fraction of sp³-hybridized carbons (Fsp3) is 0.160. The topological polar surface area (TPSA) is 78.3 Å². The molecule has 1 aliphatic heterocycles. The number of amides is 1. The van der Waals surface area contributed by atoms with Gasteiger partial charge in [0.1, 0.15) is 0 Å². The molecule has 9 heteroatoms. The van der Waals surface area contributed by atoms with Gasteiger partial charge in [-0.15, -0.1) is 10.2 Å². The predicted octanol–water partition coefficient (Wildman–Crippen LogP) is 5.50. The lowest BCUT2D eigenvalue weighted by Gasteiger charge is -2.11. The minimum atomic E-state index is -0.106. The maximum Gasteiger partial charge on any atom is 0.231 e. The fourth-order valence-corrected chi connectivity index (χ4v) is 4.63. The lowest BCUT2D eigenvalue weighted by Crippen LogP contribution is -2.12. The average Bonchev–Trinajstić information content (AvgIpc) is 3.48. The molecule has 34 heavy (non-hydrogen) atoms. The molecule has 0 bridgehead atoms. The van der Waals surface area contributed by atoms with Crippen LogP contribution in [0.25, 0.3) is 11.4 Å². The molecule has 172 valence electrons. The van der Waals surface area contributed by atoms with Crippen molar-refractivity contribution in [2.24, 2.45) is 0 Å². The first kappa shape index (κ1) is 22.3. The van der Waals surface area contributed by atoms with Crippen molar-refractivity contribution >= 4 is 35.0 Å². The second kappa shape index (κ2) is 10.2. The Labute approximate surface area is 206 Å². The summed E-state index contributed by atoms with van der Waals surface area (Å²) in [5.41, 5.74) is 2.62. The van der Waals surface area contributed by atoms with Gasteiger partial charge in [-0.1, -0.05) is 71.9 Å². The highest BCUT2D eigenvalue weighted by molar-refractivity contribution is 7.99. The monoisotopic (exact) mass is 492 g/mol. The van der Waals surface area contributed by atoms with Crippen molar-refractivity contribution in [3.63, 3.8) is 0 Å². The molecule has 2 heterocycles. The normalized spacial score (nSPS) is 12.0. The molecule has 1 amide bonds. The van der Waals surface area contributed by atoms with Gasteiger partial charge in [-0.25, -0.2) is 0 Å². The molecule has 0 radical (unpaired) electrons. The first-order valence-electron chi connectivity index (χ1n) is 10.7. The Morgan fingerprint density at radius 2 is 1.79 bits per heavy atom. The van der Waals surface area contributed by atoms with Crippen LogP contribution in [-0.2, 0) is 11.3 Å². The first-order chi connectivity index (χ1) is 16.7. The van der Waals surface area contributed by atoms with Gasteiger partial charge in [0.05, 0.1) is 17.3 Å². The van der Waals surface area contributed by atoms with E-state index in [1.54, 1.807) is 12.1 Å². The van der Waals surface area contributed by atoms with Gasteiger partial charge in [0.15, 0.2) is 22.5 Å². The standard InChI is InChI=1S/C25H21ClN4O3S/c26-19-8-4-5-9-20(19)27-23(31)12-13-34-25-29-28-24(18-6-2-1-3-7-18)30(25)15-17-10-11-21-22(14-17)33-16-32-21/h1-11,14H,12-13,15-16H2,(H,27,31). The number of hydrogen-bond donors (Lipinski definition) is 1. The van der Waals surface area contributed by atoms with Crippen molar-refractivity contribution in [1.82, 2.24) is 14.8 Å². The molecule has 0 saturated carbocycles. The number of nitrogens with zero attached hydrogens (tertiary/aromatic N) is 3. The Hall–Kier alpha value is -3.49. The quantitative estimate of drug-likeness (QED) is 0.327. The van der Waals surface area contributed by atoms with E-state index in [4.69, 9.17) is 21.1 Å². The average molecular weight is 493 g/mol. The highest BCUT2D eigenvalue weighted by Gasteiger charge is 2.18. The maximum atomic E-state index is 12.4. The Kier molecular flexibility index (Phi) is 6.69. The summed E-state index contributed by atoms with van der Waals surface area (Å²) >= 11 is 7.62. The van der Waals surface area contributed by atoms with E-state index in [0.717, 1.165) is 33.6 Å². The largest absolute Gasteiger partial charge is 0.454 e. The molecule has 0 spiro atoms. The van der Waals surface area contributed by atoms with Gasteiger partial charge >= 0.3 is 0 Å². The Morgan fingerprint density at radius 3 is 2.65 bits per heavy atom. The molecular formula is C25H21ClN4O3S. The zero-order valence-corrected chi connectivity index (χ0v) is 19.7. The zero-order valence-electron chi connectivity index (χ0n) is 18.1. The van der Waals surface area contributed by atoms with Crippen molar-refractivity contribution in [2.75, 3.05) is 17.9 Å². The van der Waals surface area contributed by atoms with Gasteiger partial charge < -0.3 is 14.8 Å². The number of rotatable bonds is 8. The Balaban J connectivity index is 1.32. The second-order valence-electron chi connectivity index (χ2n) is 7.57. The number of aromatic nitrogens is 3. The molecule has 0 unspecified atom stereocenters. The molecule has 0 fully saturated rings. The van der Waals surface area contributed by atoms with E-state index in [2.05, 4.69) is 20.1 Å². The SMILES string of the molecule is O=C(CCSc1nnc(-c2ccccc2)n1Cc1ccc2c(c1)OCO2)Nc1ccccc1Cl. The summed E-state index contributed by atoms with van der Waals surface area (Å²) in [5, 5.41) is 13.0. The minimum Gasteiger partial charge on any atom is -0.454 e. The van der Waals surface area contributed by atoms with Crippen LogP contribution in [0, 0.1) is 0 Å². The van der Waals surface area contributed by atoms with Crippen molar-refractivity contribution in [3.8, 4) is 22.9 Å². The molecule has 3 aromatic carbocycles. The van der Waals surface area contributed by atoms with Gasteiger partial charge in [-0.3, -0.25) is 9.36 Å². The second-order valence-corrected chi connectivity index (χ2v) is 9.04. The number of nitrogens with one attached hydrogen (secondary N) is 1. The third-order valence-electron chi connectivity index (χ3n) is 5.23. The Morgan fingerprint density at radius 1 is 1.00 bits per heavy atom. The summed E-state index contributed by atoms with van der Waals surface area (Å²) < 4.78 is 13.0. The lowest BCUT2D eigenvalue weighted by molar-refractivity contribution is -0.115. The highest BCUT2D eigenvalue weighted by Crippen LogP contribution is 2.34. The minimum absolute atomic E-state index is 0.106. The highest BCUT2D eigenvalue weighted by atomic mass is 35.5. The fourth-order valence-electron chi connectivity index (χ4n) is 3.57. The lowest BCUT2D eigenvalue weighted by atomic mass is 10.2. The van der Waals surface area contributed by atoms with E-state index < -0.39 is 0 Å². The summed E-state index contributed by atoms with van der Waals surface area (Å²) in [5.74, 6) is 2.68. The third kappa shape index (κ3) is 5.03. The summed E-state index contributed by atoms with van der Waals surface area (Å²) in [6.07, 6.45) is 0.313. The number of hydrogen-bond acceptors (Lipinski definition) is 6. The van der Waals surface area contributed by atoms with E-state index in [9.17, 15) is 4.79 Å². The maximum absolute atomic E-state index is 12.4. The van der Waals surface area contributed by atoms with Crippen LogP contribution in [-0.4, -0.2) is 33.2 Å². The number of ether oxygens (including phenoxy) is 2. The third-order valence-corrected chi connectivity index (χ3v) is 6.53. The first-order valence-corrected chi connectivity index (χ1v) is 12.1. The van der Waals surface area contributed by atoms with Gasteiger partial charge in [0.25, 0.3) is 0 Å². The molecule has 1 aromatic heterocycles. The molecular weight excluding hydrogens is 472 g/mol. The van der Waals surface area contributed by atoms with Gasteiger partial charge in [0, 0.05) is 17.7 Å². The molecule has 1 aliphatic rings. The number of benzene rings is 3. The van der Waals surface area contributed by atoms with Crippen LogP contribution in [0.1, 0.15) is 12.0 Å². The van der Waals surface area contributed by atoms with E-state index in [0.29, 0.717) is 29.4 Å². The molecule has 0 saturated heterocycles. The number of para-hydroxylation sites is 1. The number of fused-ring (bicyclic) bond motifs is 1. The van der Waals surface area contributed by atoms with Gasteiger partial charge in [-0.2, -0.15) is 0 Å². The summed E-state index contributed by atoms with van der Waals surface area (Å²) in [6, 6.07) is 23.0. The zero-order chi connectivity index (χ0) is 23.3. The Bertz CT molecular complexity index is 1310. The van der Waals surface area contributed by atoms with Crippen molar-refractivity contribution in [3.05, 3.63) is 83.4 Å². The van der Waals surface area contributed by atoms with Gasteiger partial charge in [0.2, 0.25) is 12.7 Å². The van der Waals surface area contributed by atoms with Crippen LogP contribution >= 0.6 is 23.4 Å². The summed E-state index contributed by atoms with van der Waals surface area (Å²) in [7, 11) is 0. The van der Waals surface area contributed by atoms with Crippen molar-refractivity contribution in [1.29, 1.82) is 0 Å². The van der Waals surface area contributed by atoms with E-state index in [1.165, 1.54) is 11.8 Å². The van der Waals surface area contributed by atoms with Crippen LogP contribution < -0.4 is 14.8 Å². The number of carbonyl (C=O) groups excluding carboxylic acids is 1. The van der Waals surface area contributed by atoms with Crippen LogP contribution in [0.15, 0.2) is 78.0 Å². The van der Waals surface area contributed by atoms with Crippen LogP contribution in [0.4, 0.5) is 5.69 Å². The van der Waals surface area contributed by atoms with E-state index in [-0.39, 0.29) is 12.7 Å². The number of thioether (sulfide) groups is 1. The molecule has 1 N–H and O–H groups in total.